The molecule has 7 heteroatoms. The van der Waals surface area contributed by atoms with Crippen LogP contribution in [0.3, 0.4) is 0 Å². The number of carbonyl (C=O) groups is 2. The van der Waals surface area contributed by atoms with E-state index in [1.165, 1.54) is 30.2 Å². The molecule has 0 aliphatic carbocycles. The lowest BCUT2D eigenvalue weighted by Gasteiger charge is -2.34. The number of urea groups is 1. The minimum atomic E-state index is -0.715. The first-order valence-corrected chi connectivity index (χ1v) is 7.63. The summed E-state index contributed by atoms with van der Waals surface area (Å²) >= 11 is 3.11. The van der Waals surface area contributed by atoms with Crippen molar-refractivity contribution in [1.29, 1.82) is 0 Å². The third-order valence-corrected chi connectivity index (χ3v) is 4.20. The van der Waals surface area contributed by atoms with Crippen molar-refractivity contribution in [2.24, 2.45) is 0 Å². The molecule has 0 spiro atoms. The van der Waals surface area contributed by atoms with E-state index in [1.807, 2.05) is 0 Å². The second-order valence-electron chi connectivity index (χ2n) is 4.95. The van der Waals surface area contributed by atoms with Crippen molar-refractivity contribution in [2.75, 3.05) is 13.7 Å². The van der Waals surface area contributed by atoms with E-state index >= 15 is 0 Å². The van der Waals surface area contributed by atoms with E-state index in [-0.39, 0.29) is 17.0 Å². The molecule has 0 aromatic heterocycles. The number of halogens is 2. The number of allylic oxidation sites excluding steroid dienone is 1. The highest BCUT2D eigenvalue weighted by Crippen LogP contribution is 2.32. The van der Waals surface area contributed by atoms with E-state index in [2.05, 4.69) is 27.8 Å². The van der Waals surface area contributed by atoms with Crippen molar-refractivity contribution in [1.82, 2.24) is 10.2 Å². The molecule has 0 saturated heterocycles. The highest BCUT2D eigenvalue weighted by atomic mass is 79.9. The summed E-state index contributed by atoms with van der Waals surface area (Å²) in [5, 5.41) is 2.75. The number of esters is 1. The molecule has 1 aliphatic rings. The Bertz CT molecular complexity index is 703. The van der Waals surface area contributed by atoms with Crippen LogP contribution in [0, 0.1) is 5.82 Å². The lowest BCUT2D eigenvalue weighted by Crippen LogP contribution is -2.48. The summed E-state index contributed by atoms with van der Waals surface area (Å²) in [5.41, 5.74) is 1.35. The number of carbonyl (C=O) groups excluding carboxylic acids is 2. The van der Waals surface area contributed by atoms with E-state index in [0.717, 1.165) is 0 Å². The summed E-state index contributed by atoms with van der Waals surface area (Å²) < 4.78 is 18.5. The highest BCUT2D eigenvalue weighted by Gasteiger charge is 2.35. The molecule has 0 fully saturated rings. The summed E-state index contributed by atoms with van der Waals surface area (Å²) in [6, 6.07) is 3.24. The van der Waals surface area contributed by atoms with Crippen LogP contribution in [0.1, 0.15) is 18.5 Å². The third-order valence-electron chi connectivity index (χ3n) is 3.59. The normalized spacial score (nSPS) is 17.8. The van der Waals surface area contributed by atoms with E-state index in [4.69, 9.17) is 4.74 Å². The Morgan fingerprint density at radius 1 is 1.57 bits per heavy atom. The molecule has 1 N–H and O–H groups in total. The van der Waals surface area contributed by atoms with Gasteiger partial charge >= 0.3 is 12.0 Å². The van der Waals surface area contributed by atoms with Crippen LogP contribution in [-0.4, -0.2) is 30.6 Å². The van der Waals surface area contributed by atoms with Crippen LogP contribution < -0.4 is 5.32 Å². The third kappa shape index (κ3) is 3.29. The predicted molar refractivity (Wildman–Crippen MR) is 87.0 cm³/mol. The molecule has 1 unspecified atom stereocenters. The van der Waals surface area contributed by atoms with Crippen molar-refractivity contribution in [3.05, 3.63) is 58.0 Å². The smallest absolute Gasteiger partial charge is 0.337 e. The zero-order valence-corrected chi connectivity index (χ0v) is 14.3. The maximum Gasteiger partial charge on any atom is 0.337 e. The summed E-state index contributed by atoms with van der Waals surface area (Å²) in [5.74, 6) is -0.980. The number of nitrogens with zero attached hydrogens (tertiary/aromatic N) is 1. The fourth-order valence-electron chi connectivity index (χ4n) is 2.45. The van der Waals surface area contributed by atoms with Crippen LogP contribution >= 0.6 is 15.9 Å². The molecule has 122 valence electrons. The number of benzene rings is 1. The van der Waals surface area contributed by atoms with Crippen LogP contribution in [0.15, 0.2) is 46.6 Å². The van der Waals surface area contributed by atoms with Gasteiger partial charge in [-0.05, 0) is 40.5 Å². The molecule has 5 nitrogen and oxygen atoms in total. The Hall–Kier alpha value is -2.15. The number of hydrogen-bond acceptors (Lipinski definition) is 3. The zero-order valence-electron chi connectivity index (χ0n) is 12.7. The first kappa shape index (κ1) is 17.2. The topological polar surface area (TPSA) is 58.6 Å². The van der Waals surface area contributed by atoms with Gasteiger partial charge in [0.2, 0.25) is 0 Å². The van der Waals surface area contributed by atoms with Gasteiger partial charge in [-0.1, -0.05) is 12.1 Å². The van der Waals surface area contributed by atoms with Crippen LogP contribution in [-0.2, 0) is 9.53 Å². The number of methoxy groups -OCH3 is 1. The quantitative estimate of drug-likeness (QED) is 0.641. The number of hydrogen-bond donors (Lipinski definition) is 1. The van der Waals surface area contributed by atoms with Crippen molar-refractivity contribution in [3.63, 3.8) is 0 Å². The van der Waals surface area contributed by atoms with Gasteiger partial charge in [-0.15, -0.1) is 6.58 Å². The van der Waals surface area contributed by atoms with E-state index in [9.17, 15) is 14.0 Å². The first-order chi connectivity index (χ1) is 10.9. The van der Waals surface area contributed by atoms with Crippen LogP contribution in [0.25, 0.3) is 0 Å². The average Bonchev–Trinajstić information content (AvgIpc) is 2.53. The average molecular weight is 383 g/mol. The Morgan fingerprint density at radius 2 is 2.26 bits per heavy atom. The van der Waals surface area contributed by atoms with Gasteiger partial charge in [-0.2, -0.15) is 0 Å². The van der Waals surface area contributed by atoms with Crippen molar-refractivity contribution >= 4 is 27.9 Å². The molecule has 23 heavy (non-hydrogen) atoms. The molecule has 0 radical (unpaired) electrons. The number of rotatable bonds is 4. The van der Waals surface area contributed by atoms with Gasteiger partial charge in [-0.3, -0.25) is 4.90 Å². The Kier molecular flexibility index (Phi) is 5.20. The minimum absolute atomic E-state index is 0.250. The summed E-state index contributed by atoms with van der Waals surface area (Å²) in [6.07, 6.45) is 1.56. The van der Waals surface area contributed by atoms with Gasteiger partial charge in [0.15, 0.2) is 0 Å². The molecule has 1 aromatic rings. The molecule has 1 atom stereocenters. The molecule has 2 amide bonds. The number of nitrogens with one attached hydrogen (secondary N) is 1. The molecule has 1 aromatic carbocycles. The van der Waals surface area contributed by atoms with E-state index < -0.39 is 17.8 Å². The van der Waals surface area contributed by atoms with E-state index in [1.54, 1.807) is 13.0 Å². The lowest BCUT2D eigenvalue weighted by atomic mass is 9.95. The zero-order chi connectivity index (χ0) is 17.1. The molecule has 1 heterocycles. The summed E-state index contributed by atoms with van der Waals surface area (Å²) in [4.78, 5) is 25.9. The standard InChI is InChI=1S/C16H16BrFN2O3/c1-4-7-20-9(2)13(15(21)23-3)14(19-16(20)22)10-5-6-12(18)11(17)8-10/h4-6,8,14H,1,7H2,2-3H3,(H,19,22). The monoisotopic (exact) mass is 382 g/mol. The molecular weight excluding hydrogens is 367 g/mol. The van der Waals surface area contributed by atoms with Gasteiger partial charge in [0, 0.05) is 12.2 Å². The fourth-order valence-corrected chi connectivity index (χ4v) is 2.84. The van der Waals surface area contributed by atoms with Gasteiger partial charge in [0.1, 0.15) is 5.82 Å². The predicted octanol–water partition coefficient (Wildman–Crippen LogP) is 3.29. The number of ether oxygens (including phenoxy) is 1. The van der Waals surface area contributed by atoms with Gasteiger partial charge in [0.25, 0.3) is 0 Å². The minimum Gasteiger partial charge on any atom is -0.466 e. The van der Waals surface area contributed by atoms with Crippen LogP contribution in [0.2, 0.25) is 0 Å². The Balaban J connectivity index is 2.56. The molecule has 0 saturated carbocycles. The van der Waals surface area contributed by atoms with Crippen molar-refractivity contribution in [3.8, 4) is 0 Å². The van der Waals surface area contributed by atoms with Gasteiger partial charge in [-0.25, -0.2) is 14.0 Å². The molecular formula is C16H16BrFN2O3. The highest BCUT2D eigenvalue weighted by molar-refractivity contribution is 9.10. The van der Waals surface area contributed by atoms with E-state index in [0.29, 0.717) is 16.8 Å². The van der Waals surface area contributed by atoms with Crippen molar-refractivity contribution in [2.45, 2.75) is 13.0 Å². The SMILES string of the molecule is C=CCN1C(=O)NC(c2ccc(F)c(Br)c2)C(C(=O)OC)=C1C. The van der Waals surface area contributed by atoms with Gasteiger partial charge in [0.05, 0.1) is 23.2 Å². The molecule has 0 bridgehead atoms. The molecule has 1 aliphatic heterocycles. The summed E-state index contributed by atoms with van der Waals surface area (Å²) in [6.45, 7) is 5.53. The Morgan fingerprint density at radius 3 is 2.83 bits per heavy atom. The second kappa shape index (κ2) is 6.95. The lowest BCUT2D eigenvalue weighted by molar-refractivity contribution is -0.136. The molecule has 2 rings (SSSR count). The second-order valence-corrected chi connectivity index (χ2v) is 5.80. The first-order valence-electron chi connectivity index (χ1n) is 6.83. The maximum absolute atomic E-state index is 13.4. The Labute approximate surface area is 141 Å². The van der Waals surface area contributed by atoms with Crippen LogP contribution in [0.4, 0.5) is 9.18 Å². The van der Waals surface area contributed by atoms with Gasteiger partial charge < -0.3 is 10.1 Å². The maximum atomic E-state index is 13.4. The van der Waals surface area contributed by atoms with Crippen LogP contribution in [0.5, 0.6) is 0 Å². The summed E-state index contributed by atoms with van der Waals surface area (Å²) in [7, 11) is 1.27. The fraction of sp³-hybridized carbons (Fsp3) is 0.250. The number of amides is 2. The van der Waals surface area contributed by atoms with Crippen molar-refractivity contribution < 1.29 is 18.7 Å². The largest absolute Gasteiger partial charge is 0.466 e.